The Hall–Kier alpha value is -3.06. The van der Waals surface area contributed by atoms with E-state index in [0.717, 1.165) is 18.2 Å². The van der Waals surface area contributed by atoms with Crippen LogP contribution in [0.5, 0.6) is 11.5 Å². The number of pyridine rings is 1. The summed E-state index contributed by atoms with van der Waals surface area (Å²) in [5.41, 5.74) is -0.568. The molecule has 0 atom stereocenters. The zero-order chi connectivity index (χ0) is 19.4. The molecule has 0 unspecified atom stereocenters. The van der Waals surface area contributed by atoms with Gasteiger partial charge >= 0.3 is 6.18 Å². The van der Waals surface area contributed by atoms with Gasteiger partial charge < -0.3 is 10.1 Å². The second-order valence-corrected chi connectivity index (χ2v) is 5.90. The number of halogens is 4. The van der Waals surface area contributed by atoms with Crippen molar-refractivity contribution in [2.45, 2.75) is 6.18 Å². The number of hydrogen-bond acceptors (Lipinski definition) is 3. The lowest BCUT2D eigenvalue weighted by molar-refractivity contribution is -0.137. The molecule has 0 saturated carbocycles. The summed E-state index contributed by atoms with van der Waals surface area (Å²) in [5, 5.41) is 2.90. The predicted octanol–water partition coefficient (Wildman–Crippen LogP) is 5.80. The zero-order valence-corrected chi connectivity index (χ0v) is 14.4. The van der Waals surface area contributed by atoms with Crippen LogP contribution in [-0.4, -0.2) is 10.9 Å². The molecule has 1 N–H and O–H groups in total. The number of nitrogens with zero attached hydrogens (tertiary/aromatic N) is 1. The molecule has 2 aromatic carbocycles. The molecule has 3 rings (SSSR count). The van der Waals surface area contributed by atoms with Crippen LogP contribution in [0.4, 0.5) is 18.9 Å². The summed E-state index contributed by atoms with van der Waals surface area (Å²) in [5.74, 6) is -0.457. The van der Waals surface area contributed by atoms with Gasteiger partial charge in [0.1, 0.15) is 5.75 Å². The molecule has 0 bridgehead atoms. The number of amides is 1. The van der Waals surface area contributed by atoms with Crippen LogP contribution in [0.3, 0.4) is 0 Å². The fourth-order valence-electron chi connectivity index (χ4n) is 2.24. The highest BCUT2D eigenvalue weighted by Gasteiger charge is 2.31. The lowest BCUT2D eigenvalue weighted by Gasteiger charge is -2.15. The standard InChI is InChI=1S/C19H12ClF3N2O2/c20-14-4-1-5-15(10-14)27-17-9-13(19(21,22)23)6-7-16(17)25-18(26)12-3-2-8-24-11-12/h1-11H,(H,25,26). The van der Waals surface area contributed by atoms with Gasteiger partial charge in [-0.1, -0.05) is 17.7 Å². The summed E-state index contributed by atoms with van der Waals surface area (Å²) in [6, 6.07) is 12.1. The van der Waals surface area contributed by atoms with E-state index in [2.05, 4.69) is 10.3 Å². The predicted molar refractivity (Wildman–Crippen MR) is 95.2 cm³/mol. The molecule has 0 fully saturated rings. The summed E-state index contributed by atoms with van der Waals surface area (Å²) in [7, 11) is 0. The van der Waals surface area contributed by atoms with Crippen molar-refractivity contribution in [1.82, 2.24) is 4.98 Å². The summed E-state index contributed by atoms with van der Waals surface area (Å²) in [6.07, 6.45) is -1.71. The molecule has 3 aromatic rings. The Bertz CT molecular complexity index is 963. The Balaban J connectivity index is 1.95. The summed E-state index contributed by atoms with van der Waals surface area (Å²) >= 11 is 5.88. The Morgan fingerprint density at radius 3 is 2.56 bits per heavy atom. The van der Waals surface area contributed by atoms with Crippen LogP contribution in [0.2, 0.25) is 5.02 Å². The van der Waals surface area contributed by atoms with E-state index in [4.69, 9.17) is 16.3 Å². The van der Waals surface area contributed by atoms with Crippen LogP contribution in [-0.2, 0) is 6.18 Å². The first-order valence-electron chi connectivity index (χ1n) is 7.69. The molecule has 0 aliphatic rings. The highest BCUT2D eigenvalue weighted by molar-refractivity contribution is 6.30. The van der Waals surface area contributed by atoms with Gasteiger partial charge in [-0.2, -0.15) is 13.2 Å². The first-order chi connectivity index (χ1) is 12.8. The second-order valence-electron chi connectivity index (χ2n) is 5.46. The number of rotatable bonds is 4. The lowest BCUT2D eigenvalue weighted by Crippen LogP contribution is -2.13. The Kier molecular flexibility index (Phi) is 5.32. The van der Waals surface area contributed by atoms with E-state index in [0.29, 0.717) is 5.02 Å². The van der Waals surface area contributed by atoms with Crippen molar-refractivity contribution in [2.75, 3.05) is 5.32 Å². The van der Waals surface area contributed by atoms with E-state index in [1.165, 1.54) is 24.5 Å². The van der Waals surface area contributed by atoms with Gasteiger partial charge in [0.2, 0.25) is 0 Å². The molecule has 1 amide bonds. The summed E-state index contributed by atoms with van der Waals surface area (Å²) in [4.78, 5) is 16.1. The Morgan fingerprint density at radius 2 is 1.89 bits per heavy atom. The topological polar surface area (TPSA) is 51.2 Å². The molecule has 27 heavy (non-hydrogen) atoms. The number of benzene rings is 2. The average Bonchev–Trinajstić information content (AvgIpc) is 2.63. The molecular weight excluding hydrogens is 381 g/mol. The quantitative estimate of drug-likeness (QED) is 0.610. The molecular formula is C19H12ClF3N2O2. The molecule has 4 nitrogen and oxygen atoms in total. The maximum Gasteiger partial charge on any atom is 0.416 e. The highest BCUT2D eigenvalue weighted by Crippen LogP contribution is 2.37. The van der Waals surface area contributed by atoms with Crippen molar-refractivity contribution < 1.29 is 22.7 Å². The number of hydrogen-bond donors (Lipinski definition) is 1. The minimum Gasteiger partial charge on any atom is -0.455 e. The first kappa shape index (κ1) is 18.7. The molecule has 8 heteroatoms. The van der Waals surface area contributed by atoms with Gasteiger partial charge in [0.25, 0.3) is 5.91 Å². The van der Waals surface area contributed by atoms with Gasteiger partial charge in [0.15, 0.2) is 5.75 Å². The van der Waals surface area contributed by atoms with E-state index in [-0.39, 0.29) is 22.7 Å². The molecule has 0 aliphatic carbocycles. The third-order valence-electron chi connectivity index (χ3n) is 3.50. The Labute approximate surface area is 157 Å². The van der Waals surface area contributed by atoms with E-state index in [1.54, 1.807) is 24.3 Å². The van der Waals surface area contributed by atoms with Gasteiger partial charge in [0.05, 0.1) is 16.8 Å². The van der Waals surface area contributed by atoms with Gasteiger partial charge in [-0.3, -0.25) is 9.78 Å². The van der Waals surface area contributed by atoms with Crippen LogP contribution in [0.15, 0.2) is 67.0 Å². The number of aromatic nitrogens is 1. The molecule has 1 aromatic heterocycles. The fourth-order valence-corrected chi connectivity index (χ4v) is 2.42. The third-order valence-corrected chi connectivity index (χ3v) is 3.74. The smallest absolute Gasteiger partial charge is 0.416 e. The zero-order valence-electron chi connectivity index (χ0n) is 13.6. The van der Waals surface area contributed by atoms with Crippen molar-refractivity contribution in [3.05, 3.63) is 83.1 Å². The van der Waals surface area contributed by atoms with Crippen molar-refractivity contribution in [2.24, 2.45) is 0 Å². The molecule has 0 saturated heterocycles. The van der Waals surface area contributed by atoms with E-state index in [9.17, 15) is 18.0 Å². The summed E-state index contributed by atoms with van der Waals surface area (Å²) in [6.45, 7) is 0. The number of anilines is 1. The van der Waals surface area contributed by atoms with Crippen molar-refractivity contribution in [3.63, 3.8) is 0 Å². The summed E-state index contributed by atoms with van der Waals surface area (Å²) < 4.78 is 44.7. The molecule has 0 aliphatic heterocycles. The van der Waals surface area contributed by atoms with Gasteiger partial charge in [-0.25, -0.2) is 0 Å². The number of alkyl halides is 3. The normalized spacial score (nSPS) is 11.1. The van der Waals surface area contributed by atoms with Gasteiger partial charge in [-0.15, -0.1) is 0 Å². The maximum atomic E-state index is 13.1. The molecule has 0 spiro atoms. The second kappa shape index (κ2) is 7.67. The van der Waals surface area contributed by atoms with E-state index in [1.807, 2.05) is 0 Å². The molecule has 1 heterocycles. The van der Waals surface area contributed by atoms with Crippen LogP contribution < -0.4 is 10.1 Å². The van der Waals surface area contributed by atoms with Crippen LogP contribution >= 0.6 is 11.6 Å². The average molecular weight is 393 g/mol. The number of nitrogens with one attached hydrogen (secondary N) is 1. The van der Waals surface area contributed by atoms with Gasteiger partial charge in [0, 0.05) is 17.4 Å². The number of carbonyl (C=O) groups excluding carboxylic acids is 1. The van der Waals surface area contributed by atoms with Crippen LogP contribution in [0, 0.1) is 0 Å². The van der Waals surface area contributed by atoms with Crippen molar-refractivity contribution >= 4 is 23.2 Å². The largest absolute Gasteiger partial charge is 0.455 e. The minimum absolute atomic E-state index is 0.0804. The highest BCUT2D eigenvalue weighted by atomic mass is 35.5. The number of ether oxygens (including phenoxy) is 1. The first-order valence-corrected chi connectivity index (χ1v) is 8.07. The third kappa shape index (κ3) is 4.77. The fraction of sp³-hybridized carbons (Fsp3) is 0.0526. The van der Waals surface area contributed by atoms with Crippen molar-refractivity contribution in [1.29, 1.82) is 0 Å². The minimum atomic E-state index is -4.56. The van der Waals surface area contributed by atoms with E-state index < -0.39 is 17.6 Å². The van der Waals surface area contributed by atoms with Crippen LogP contribution in [0.1, 0.15) is 15.9 Å². The van der Waals surface area contributed by atoms with Gasteiger partial charge in [-0.05, 0) is 48.5 Å². The van der Waals surface area contributed by atoms with E-state index >= 15 is 0 Å². The Morgan fingerprint density at radius 1 is 1.07 bits per heavy atom. The SMILES string of the molecule is O=C(Nc1ccc(C(F)(F)F)cc1Oc1cccc(Cl)c1)c1cccnc1. The lowest BCUT2D eigenvalue weighted by atomic mass is 10.1. The van der Waals surface area contributed by atoms with Crippen LogP contribution in [0.25, 0.3) is 0 Å². The number of carbonyl (C=O) groups is 1. The maximum absolute atomic E-state index is 13.1. The molecule has 0 radical (unpaired) electrons. The monoisotopic (exact) mass is 392 g/mol. The van der Waals surface area contributed by atoms with Crippen molar-refractivity contribution in [3.8, 4) is 11.5 Å². The molecule has 138 valence electrons.